The number of aliphatic carboxylic acids is 1. The number of carboxylic acid groups (broad SMARTS) is 1. The summed E-state index contributed by atoms with van der Waals surface area (Å²) in [5.74, 6) is -1.18. The van der Waals surface area contributed by atoms with E-state index in [0.29, 0.717) is 0 Å². The molecule has 0 amide bonds. The van der Waals surface area contributed by atoms with E-state index in [0.717, 1.165) is 0 Å². The molecule has 1 rings (SSSR count). The van der Waals surface area contributed by atoms with Crippen LogP contribution in [0.5, 0.6) is 0 Å². The number of hydrogen-bond donors (Lipinski definition) is 3. The van der Waals surface area contributed by atoms with E-state index < -0.39 is 30.4 Å². The molecular weight excluding hydrogens is 218 g/mol. The first-order chi connectivity index (χ1) is 7.56. The Bertz CT molecular complexity index is 304. The standard InChI is InChI=1S/C8H13N3O5/c9-11-10-2-1-5-7(13)4(12)3-6(16-5)8(14)15/h4-7,12-13H,1-3H2,(H,14,15)/t4-,5+,6+,7+/m0/s1. The number of azide groups is 1. The van der Waals surface area contributed by atoms with Gasteiger partial charge in [0.25, 0.3) is 0 Å². The maximum absolute atomic E-state index is 10.7. The van der Waals surface area contributed by atoms with Gasteiger partial charge < -0.3 is 20.1 Å². The first-order valence-corrected chi connectivity index (χ1v) is 4.81. The van der Waals surface area contributed by atoms with Crippen LogP contribution in [0.3, 0.4) is 0 Å². The van der Waals surface area contributed by atoms with Crippen LogP contribution in [0.25, 0.3) is 10.4 Å². The minimum absolute atomic E-state index is 0.0806. The molecule has 0 aromatic carbocycles. The molecular formula is C8H13N3O5. The van der Waals surface area contributed by atoms with Crippen molar-refractivity contribution < 1.29 is 24.9 Å². The lowest BCUT2D eigenvalue weighted by atomic mass is 9.96. The van der Waals surface area contributed by atoms with E-state index in [2.05, 4.69) is 10.0 Å². The Kier molecular flexibility index (Phi) is 4.51. The molecule has 1 aliphatic heterocycles. The molecule has 1 heterocycles. The maximum Gasteiger partial charge on any atom is 0.332 e. The lowest BCUT2D eigenvalue weighted by Gasteiger charge is -2.35. The summed E-state index contributed by atoms with van der Waals surface area (Å²) < 4.78 is 5.08. The van der Waals surface area contributed by atoms with Crippen molar-refractivity contribution in [2.75, 3.05) is 6.54 Å². The fourth-order valence-corrected chi connectivity index (χ4v) is 1.58. The summed E-state index contributed by atoms with van der Waals surface area (Å²) in [5.41, 5.74) is 8.07. The number of hydrogen-bond acceptors (Lipinski definition) is 5. The number of aliphatic hydroxyl groups is 2. The van der Waals surface area contributed by atoms with Gasteiger partial charge in [0.15, 0.2) is 6.10 Å². The lowest BCUT2D eigenvalue weighted by Crippen LogP contribution is -2.50. The summed E-state index contributed by atoms with van der Waals surface area (Å²) in [4.78, 5) is 13.2. The third-order valence-corrected chi connectivity index (χ3v) is 2.42. The molecule has 90 valence electrons. The highest BCUT2D eigenvalue weighted by atomic mass is 16.5. The van der Waals surface area contributed by atoms with E-state index in [-0.39, 0.29) is 19.4 Å². The van der Waals surface area contributed by atoms with Crippen LogP contribution in [0.2, 0.25) is 0 Å². The van der Waals surface area contributed by atoms with Gasteiger partial charge in [-0.3, -0.25) is 0 Å². The molecule has 16 heavy (non-hydrogen) atoms. The summed E-state index contributed by atoms with van der Waals surface area (Å²) >= 11 is 0. The number of ether oxygens (including phenoxy) is 1. The van der Waals surface area contributed by atoms with Gasteiger partial charge in [0.2, 0.25) is 0 Å². The molecule has 3 N–H and O–H groups in total. The Labute approximate surface area is 91.1 Å². The summed E-state index contributed by atoms with van der Waals surface area (Å²) in [6.07, 6.45) is -4.21. The van der Waals surface area contributed by atoms with E-state index in [4.69, 9.17) is 15.4 Å². The van der Waals surface area contributed by atoms with E-state index >= 15 is 0 Å². The Hall–Kier alpha value is -1.34. The second-order valence-electron chi connectivity index (χ2n) is 3.54. The van der Waals surface area contributed by atoms with E-state index in [1.807, 2.05) is 0 Å². The van der Waals surface area contributed by atoms with Crippen LogP contribution < -0.4 is 0 Å². The van der Waals surface area contributed by atoms with Gasteiger partial charge in [0, 0.05) is 17.9 Å². The van der Waals surface area contributed by atoms with Crippen molar-refractivity contribution in [3.8, 4) is 0 Å². The fraction of sp³-hybridized carbons (Fsp3) is 0.875. The normalized spacial score (nSPS) is 34.1. The van der Waals surface area contributed by atoms with Gasteiger partial charge in [-0.15, -0.1) is 0 Å². The monoisotopic (exact) mass is 231 g/mol. The molecule has 8 nitrogen and oxygen atoms in total. The van der Waals surface area contributed by atoms with Gasteiger partial charge >= 0.3 is 5.97 Å². The minimum Gasteiger partial charge on any atom is -0.479 e. The van der Waals surface area contributed by atoms with E-state index in [9.17, 15) is 15.0 Å². The van der Waals surface area contributed by atoms with Crippen LogP contribution in [0, 0.1) is 0 Å². The molecule has 0 aromatic heterocycles. The van der Waals surface area contributed by atoms with Crippen LogP contribution in [0.1, 0.15) is 12.8 Å². The van der Waals surface area contributed by atoms with Gasteiger partial charge in [0.05, 0.1) is 12.2 Å². The van der Waals surface area contributed by atoms with Gasteiger partial charge in [0.1, 0.15) is 6.10 Å². The van der Waals surface area contributed by atoms with Gasteiger partial charge in [-0.1, -0.05) is 5.11 Å². The molecule has 0 spiro atoms. The number of aliphatic hydroxyl groups excluding tert-OH is 2. The molecule has 1 fully saturated rings. The van der Waals surface area contributed by atoms with Gasteiger partial charge in [-0.05, 0) is 12.0 Å². The zero-order chi connectivity index (χ0) is 12.1. The average molecular weight is 231 g/mol. The number of nitrogens with zero attached hydrogens (tertiary/aromatic N) is 3. The molecule has 0 saturated carbocycles. The van der Waals surface area contributed by atoms with Crippen molar-refractivity contribution >= 4 is 5.97 Å². The predicted molar refractivity (Wildman–Crippen MR) is 51.6 cm³/mol. The van der Waals surface area contributed by atoms with Crippen LogP contribution in [0.15, 0.2) is 5.11 Å². The molecule has 1 saturated heterocycles. The molecule has 0 aliphatic carbocycles. The first-order valence-electron chi connectivity index (χ1n) is 4.81. The van der Waals surface area contributed by atoms with Gasteiger partial charge in [-0.25, -0.2) is 4.79 Å². The average Bonchev–Trinajstić information content (AvgIpc) is 2.24. The first kappa shape index (κ1) is 12.7. The maximum atomic E-state index is 10.7. The van der Waals surface area contributed by atoms with Crippen LogP contribution in [-0.4, -0.2) is 52.2 Å². The molecule has 0 aromatic rings. The van der Waals surface area contributed by atoms with Crippen LogP contribution in [-0.2, 0) is 9.53 Å². The minimum atomic E-state index is -1.18. The van der Waals surface area contributed by atoms with Crippen molar-refractivity contribution in [2.45, 2.75) is 37.3 Å². The smallest absolute Gasteiger partial charge is 0.332 e. The zero-order valence-electron chi connectivity index (χ0n) is 8.43. The quantitative estimate of drug-likeness (QED) is 0.345. The highest BCUT2D eigenvalue weighted by Gasteiger charge is 2.39. The summed E-state index contributed by atoms with van der Waals surface area (Å²) in [7, 11) is 0. The van der Waals surface area contributed by atoms with Crippen molar-refractivity contribution in [3.05, 3.63) is 10.4 Å². The van der Waals surface area contributed by atoms with Crippen LogP contribution in [0.4, 0.5) is 0 Å². The number of carboxylic acids is 1. The highest BCUT2D eigenvalue weighted by Crippen LogP contribution is 2.22. The molecule has 0 radical (unpaired) electrons. The topological polar surface area (TPSA) is 136 Å². The molecule has 4 atom stereocenters. The van der Waals surface area contributed by atoms with Gasteiger partial charge in [-0.2, -0.15) is 0 Å². The molecule has 8 heteroatoms. The number of carbonyl (C=O) groups is 1. The van der Waals surface area contributed by atoms with Crippen molar-refractivity contribution in [3.63, 3.8) is 0 Å². The Morgan fingerprint density at radius 1 is 1.56 bits per heavy atom. The second kappa shape index (κ2) is 5.66. The fourth-order valence-electron chi connectivity index (χ4n) is 1.58. The van der Waals surface area contributed by atoms with Crippen molar-refractivity contribution in [2.24, 2.45) is 5.11 Å². The summed E-state index contributed by atoms with van der Waals surface area (Å²) in [5, 5.41) is 30.9. The molecule has 1 aliphatic rings. The lowest BCUT2D eigenvalue weighted by molar-refractivity contribution is -0.190. The van der Waals surface area contributed by atoms with Crippen molar-refractivity contribution in [1.29, 1.82) is 0 Å². The van der Waals surface area contributed by atoms with E-state index in [1.165, 1.54) is 0 Å². The van der Waals surface area contributed by atoms with Crippen molar-refractivity contribution in [1.82, 2.24) is 0 Å². The Morgan fingerprint density at radius 2 is 2.25 bits per heavy atom. The SMILES string of the molecule is [N-]=[N+]=NCC[C@H]1O[C@@H](C(=O)O)C[C@H](O)[C@H]1O. The summed E-state index contributed by atoms with van der Waals surface area (Å²) in [6.45, 7) is 0.0806. The molecule has 0 bridgehead atoms. The molecule has 0 unspecified atom stereocenters. The second-order valence-corrected chi connectivity index (χ2v) is 3.54. The highest BCUT2D eigenvalue weighted by molar-refractivity contribution is 5.72. The third kappa shape index (κ3) is 3.07. The summed E-state index contributed by atoms with van der Waals surface area (Å²) in [6, 6.07) is 0. The Balaban J connectivity index is 2.58. The Morgan fingerprint density at radius 3 is 2.81 bits per heavy atom. The van der Waals surface area contributed by atoms with E-state index in [1.54, 1.807) is 0 Å². The third-order valence-electron chi connectivity index (χ3n) is 2.42. The number of rotatable bonds is 4. The zero-order valence-corrected chi connectivity index (χ0v) is 8.43. The predicted octanol–water partition coefficient (Wildman–Crippen LogP) is -0.349. The largest absolute Gasteiger partial charge is 0.479 e. The van der Waals surface area contributed by atoms with Crippen LogP contribution >= 0.6 is 0 Å².